The third-order valence-corrected chi connectivity index (χ3v) is 7.02. The molecule has 8 nitrogen and oxygen atoms in total. The summed E-state index contributed by atoms with van der Waals surface area (Å²) < 4.78 is 10.5. The molecule has 0 radical (unpaired) electrons. The molecule has 1 N–H and O–H groups in total. The Balaban J connectivity index is 1.29. The van der Waals surface area contributed by atoms with Gasteiger partial charge in [0.25, 0.3) is 6.47 Å². The zero-order valence-electron chi connectivity index (χ0n) is 21.1. The van der Waals surface area contributed by atoms with Gasteiger partial charge >= 0.3 is 0 Å². The lowest BCUT2D eigenvalue weighted by molar-refractivity contribution is -0.130. The maximum Gasteiger partial charge on any atom is 0.293 e. The summed E-state index contributed by atoms with van der Waals surface area (Å²) in [4.78, 5) is 32.9. The second-order valence-electron chi connectivity index (χ2n) is 9.60. The van der Waals surface area contributed by atoms with Crippen molar-refractivity contribution in [2.24, 2.45) is 11.8 Å². The molecule has 1 fully saturated rings. The lowest BCUT2D eigenvalue weighted by Gasteiger charge is -2.26. The van der Waals surface area contributed by atoms with E-state index in [1.807, 2.05) is 54.6 Å². The molecule has 1 aromatic carbocycles. The molecule has 4 aromatic rings. The molecule has 4 heterocycles. The number of Topliss-reactive ketones (excluding diaryl/α,β-unsaturated/α-hetero) is 1. The van der Waals surface area contributed by atoms with Crippen molar-refractivity contribution in [2.75, 3.05) is 19.8 Å². The number of hydrogen-bond donors (Lipinski definition) is 1. The fourth-order valence-electron chi connectivity index (χ4n) is 5.01. The second kappa shape index (κ2) is 12.4. The molecule has 194 valence electrons. The SMILES string of the molecule is O=COCC(CC(=O)c1ccc(-c2cc(-c3cn[nH]c3-c3ccccn3)ccn2)cc1)CC1CCOCC1. The van der Waals surface area contributed by atoms with Crippen molar-refractivity contribution < 1.29 is 19.1 Å². The summed E-state index contributed by atoms with van der Waals surface area (Å²) in [7, 11) is 0. The van der Waals surface area contributed by atoms with E-state index in [4.69, 9.17) is 9.47 Å². The Hall–Kier alpha value is -4.17. The maximum absolute atomic E-state index is 13.1. The van der Waals surface area contributed by atoms with Crippen molar-refractivity contribution in [3.8, 4) is 33.8 Å². The van der Waals surface area contributed by atoms with Crippen LogP contribution in [0.15, 0.2) is 73.2 Å². The van der Waals surface area contributed by atoms with Crippen LogP contribution in [0, 0.1) is 11.8 Å². The number of pyridine rings is 2. The van der Waals surface area contributed by atoms with Gasteiger partial charge in [-0.2, -0.15) is 5.10 Å². The molecule has 38 heavy (non-hydrogen) atoms. The van der Waals surface area contributed by atoms with Crippen LogP contribution >= 0.6 is 0 Å². The maximum atomic E-state index is 13.1. The molecule has 0 bridgehead atoms. The molecule has 3 aromatic heterocycles. The number of nitrogens with zero attached hydrogens (tertiary/aromatic N) is 3. The van der Waals surface area contributed by atoms with Gasteiger partial charge in [-0.25, -0.2) is 0 Å². The van der Waals surface area contributed by atoms with Crippen LogP contribution < -0.4 is 0 Å². The molecular weight excluding hydrogens is 480 g/mol. The summed E-state index contributed by atoms with van der Waals surface area (Å²) in [5, 5.41) is 7.28. The molecule has 0 saturated carbocycles. The lowest BCUT2D eigenvalue weighted by atomic mass is 9.86. The number of ether oxygens (including phenoxy) is 2. The summed E-state index contributed by atoms with van der Waals surface area (Å²) in [6, 6.07) is 17.2. The van der Waals surface area contributed by atoms with Gasteiger partial charge in [0.15, 0.2) is 5.78 Å². The Bertz CT molecular complexity index is 1350. The van der Waals surface area contributed by atoms with E-state index in [2.05, 4.69) is 20.2 Å². The van der Waals surface area contributed by atoms with Crippen LogP contribution in [0.3, 0.4) is 0 Å². The quantitative estimate of drug-likeness (QED) is 0.213. The Kier molecular flexibility index (Phi) is 8.30. The summed E-state index contributed by atoms with van der Waals surface area (Å²) >= 11 is 0. The van der Waals surface area contributed by atoms with Crippen LogP contribution in [0.25, 0.3) is 33.8 Å². The van der Waals surface area contributed by atoms with Crippen LogP contribution in [0.2, 0.25) is 0 Å². The highest BCUT2D eigenvalue weighted by molar-refractivity contribution is 5.96. The van der Waals surface area contributed by atoms with Crippen LogP contribution in [0.1, 0.15) is 36.0 Å². The van der Waals surface area contributed by atoms with Gasteiger partial charge in [-0.05, 0) is 55.0 Å². The van der Waals surface area contributed by atoms with Gasteiger partial charge in [-0.1, -0.05) is 30.3 Å². The van der Waals surface area contributed by atoms with Gasteiger partial charge < -0.3 is 9.47 Å². The normalized spacial score (nSPS) is 14.6. The van der Waals surface area contributed by atoms with E-state index in [0.717, 1.165) is 66.2 Å². The van der Waals surface area contributed by atoms with Crippen molar-refractivity contribution >= 4 is 12.3 Å². The minimum atomic E-state index is -0.00270. The number of nitrogens with one attached hydrogen (secondary N) is 1. The van der Waals surface area contributed by atoms with E-state index < -0.39 is 0 Å². The number of benzene rings is 1. The standard InChI is InChI=1S/C30H30N4O4/c35-20-38-19-22(15-21-9-13-37-14-10-21)16-29(36)24-6-4-23(5-7-24)28-17-25(8-12-32-28)26-18-33-34-30(26)27-3-1-2-11-31-27/h1-8,11-12,17-18,20-22H,9-10,13-16,19H2,(H,33,34). The zero-order chi connectivity index (χ0) is 26.2. The van der Waals surface area contributed by atoms with E-state index >= 15 is 0 Å². The molecule has 0 aliphatic carbocycles. The van der Waals surface area contributed by atoms with Crippen LogP contribution in [0.5, 0.6) is 0 Å². The Morgan fingerprint density at radius 3 is 2.61 bits per heavy atom. The molecule has 1 aliphatic rings. The fourth-order valence-corrected chi connectivity index (χ4v) is 5.01. The number of aromatic nitrogens is 4. The van der Waals surface area contributed by atoms with E-state index in [0.29, 0.717) is 24.4 Å². The van der Waals surface area contributed by atoms with Gasteiger partial charge in [0, 0.05) is 54.6 Å². The molecule has 1 aliphatic heterocycles. The molecule has 0 amide bonds. The molecule has 1 atom stereocenters. The van der Waals surface area contributed by atoms with Crippen molar-refractivity contribution in [1.82, 2.24) is 20.2 Å². The number of rotatable bonds is 11. The minimum absolute atomic E-state index is 0.00270. The predicted octanol–water partition coefficient (Wildman–Crippen LogP) is 5.38. The number of carbonyl (C=O) groups is 2. The van der Waals surface area contributed by atoms with Crippen LogP contribution in [0.4, 0.5) is 0 Å². The minimum Gasteiger partial charge on any atom is -0.468 e. The average molecular weight is 511 g/mol. The number of hydrogen-bond acceptors (Lipinski definition) is 7. The predicted molar refractivity (Wildman–Crippen MR) is 143 cm³/mol. The third kappa shape index (κ3) is 6.20. The third-order valence-electron chi connectivity index (χ3n) is 7.02. The van der Waals surface area contributed by atoms with Crippen molar-refractivity contribution in [3.63, 3.8) is 0 Å². The molecule has 8 heteroatoms. The van der Waals surface area contributed by atoms with E-state index in [1.54, 1.807) is 18.6 Å². The molecular formula is C30H30N4O4. The fraction of sp³-hybridized carbons (Fsp3) is 0.300. The Morgan fingerprint density at radius 1 is 1.03 bits per heavy atom. The first-order chi connectivity index (χ1) is 18.7. The number of H-pyrrole nitrogens is 1. The summed E-state index contributed by atoms with van der Waals surface area (Å²) in [6.45, 7) is 2.22. The van der Waals surface area contributed by atoms with E-state index in [1.165, 1.54) is 0 Å². The van der Waals surface area contributed by atoms with Gasteiger partial charge in [0.05, 0.1) is 29.9 Å². The second-order valence-corrected chi connectivity index (χ2v) is 9.60. The van der Waals surface area contributed by atoms with E-state index in [9.17, 15) is 9.59 Å². The Labute approximate surface area is 221 Å². The average Bonchev–Trinajstić information content (AvgIpc) is 3.47. The largest absolute Gasteiger partial charge is 0.468 e. The number of ketones is 1. The molecule has 1 unspecified atom stereocenters. The first kappa shape index (κ1) is 25.5. The lowest BCUT2D eigenvalue weighted by Crippen LogP contribution is -2.22. The Morgan fingerprint density at radius 2 is 1.84 bits per heavy atom. The number of aromatic amines is 1. The highest BCUT2D eigenvalue weighted by Gasteiger charge is 2.23. The zero-order valence-corrected chi connectivity index (χ0v) is 21.1. The first-order valence-corrected chi connectivity index (χ1v) is 12.9. The van der Waals surface area contributed by atoms with Gasteiger partial charge in [-0.15, -0.1) is 0 Å². The monoisotopic (exact) mass is 510 g/mol. The van der Waals surface area contributed by atoms with Gasteiger partial charge in [0.2, 0.25) is 0 Å². The molecule has 0 spiro atoms. The summed E-state index contributed by atoms with van der Waals surface area (Å²) in [5.74, 6) is 0.534. The van der Waals surface area contributed by atoms with Crippen molar-refractivity contribution in [2.45, 2.75) is 25.7 Å². The summed E-state index contributed by atoms with van der Waals surface area (Å²) in [6.07, 6.45) is 8.47. The van der Waals surface area contributed by atoms with Crippen molar-refractivity contribution in [1.29, 1.82) is 0 Å². The highest BCUT2D eigenvalue weighted by atomic mass is 16.5. The molecule has 1 saturated heterocycles. The topological polar surface area (TPSA) is 107 Å². The smallest absolute Gasteiger partial charge is 0.293 e. The molecule has 5 rings (SSSR count). The summed E-state index contributed by atoms with van der Waals surface area (Å²) in [5.41, 5.74) is 5.91. The first-order valence-electron chi connectivity index (χ1n) is 12.9. The van der Waals surface area contributed by atoms with Gasteiger partial charge in [-0.3, -0.25) is 24.7 Å². The highest BCUT2D eigenvalue weighted by Crippen LogP contribution is 2.31. The van der Waals surface area contributed by atoms with Crippen LogP contribution in [-0.4, -0.2) is 52.2 Å². The number of carbonyl (C=O) groups excluding carboxylic acids is 2. The van der Waals surface area contributed by atoms with Crippen molar-refractivity contribution in [3.05, 3.63) is 78.8 Å². The van der Waals surface area contributed by atoms with Crippen LogP contribution in [-0.2, 0) is 14.3 Å². The van der Waals surface area contributed by atoms with Gasteiger partial charge in [0.1, 0.15) is 0 Å². The van der Waals surface area contributed by atoms with E-state index in [-0.39, 0.29) is 18.3 Å².